The van der Waals surface area contributed by atoms with Crippen LogP contribution in [-0.4, -0.2) is 97.7 Å². The van der Waals surface area contributed by atoms with Crippen molar-refractivity contribution in [3.63, 3.8) is 0 Å². The fraction of sp³-hybridized carbons (Fsp3) is 0.479. The van der Waals surface area contributed by atoms with E-state index in [1.54, 1.807) is 31.3 Å². The zero-order chi connectivity index (χ0) is 47.3. The molecule has 1 spiro atoms. The van der Waals surface area contributed by atoms with E-state index in [9.17, 15) is 32.6 Å². The van der Waals surface area contributed by atoms with E-state index in [1.165, 1.54) is 23.4 Å². The molecule has 1 unspecified atom stereocenters. The fourth-order valence-corrected chi connectivity index (χ4v) is 13.1. The molecule has 2 aromatic carbocycles. The molecule has 5 N–H and O–H groups in total. The monoisotopic (exact) mass is 953 g/mol. The number of fused-ring (bicyclic) bond motifs is 1. The molecule has 19 heteroatoms. The van der Waals surface area contributed by atoms with Gasteiger partial charge in [-0.05, 0) is 111 Å². The van der Waals surface area contributed by atoms with Crippen LogP contribution in [0.25, 0.3) is 11.0 Å². The lowest BCUT2D eigenvalue weighted by atomic mass is 9.59. The minimum Gasteiger partial charge on any atom is -0.455 e. The molecule has 17 nitrogen and oxygen atoms in total. The molecule has 2 aliphatic heterocycles. The van der Waals surface area contributed by atoms with Crippen molar-refractivity contribution in [3.8, 4) is 11.5 Å². The maximum atomic E-state index is 14.0. The number of ether oxygens (including phenoxy) is 1. The van der Waals surface area contributed by atoms with Gasteiger partial charge in [-0.1, -0.05) is 38.1 Å². The Labute approximate surface area is 391 Å². The summed E-state index contributed by atoms with van der Waals surface area (Å²) in [7, 11) is -7.32. The number of carbonyl (C=O) groups is 1. The third kappa shape index (κ3) is 10.0. The molecule has 9 rings (SSSR count). The number of nitro groups is 1. The Morgan fingerprint density at radius 2 is 1.79 bits per heavy atom. The van der Waals surface area contributed by atoms with Crippen LogP contribution in [0.4, 0.5) is 17.2 Å². The third-order valence-electron chi connectivity index (χ3n) is 14.6. The molecule has 4 aliphatic rings. The van der Waals surface area contributed by atoms with Gasteiger partial charge in [-0.25, -0.2) is 27.3 Å². The molecule has 5 aromatic rings. The number of aromatic amines is 1. The van der Waals surface area contributed by atoms with Crippen molar-refractivity contribution in [2.24, 2.45) is 11.3 Å². The smallest absolute Gasteiger partial charge is 0.312 e. The van der Waals surface area contributed by atoms with Gasteiger partial charge in [-0.2, -0.15) is 0 Å². The highest BCUT2D eigenvalue weighted by Gasteiger charge is 2.50. The predicted octanol–water partition coefficient (Wildman–Crippen LogP) is 8.11. The Balaban J connectivity index is 0.903. The van der Waals surface area contributed by atoms with E-state index in [1.807, 2.05) is 12.1 Å². The number of amides is 1. The van der Waals surface area contributed by atoms with Crippen molar-refractivity contribution in [1.29, 1.82) is 4.78 Å². The summed E-state index contributed by atoms with van der Waals surface area (Å²) in [6, 6.07) is 18.2. The van der Waals surface area contributed by atoms with E-state index in [2.05, 4.69) is 66.8 Å². The average molecular weight is 954 g/mol. The molecule has 67 heavy (non-hydrogen) atoms. The number of rotatable bonds is 13. The van der Waals surface area contributed by atoms with Crippen LogP contribution in [0.5, 0.6) is 11.5 Å². The van der Waals surface area contributed by atoms with Gasteiger partial charge < -0.3 is 25.0 Å². The standard InChI is InChI=1S/C48H59N9O8S2/c1-31(2)38-6-4-5-7-39(38)42-30-66(49,62)21-20-56(42)35-25-48(26-35)15-18-55(19-16-48)34-8-9-40(43(23-34)65-36-22-33-12-17-50-44(33)52-28-36)46(58)54-67(63,64)37-24-41(57(60)61)45(53-29-37)51-27-32-10-13-47(3,59)14-11-32/h4-9,12,17,22-24,28-29,31-32,35,42,49,59H,10-11,13-16,18-21,25-27,30H2,1-3H3,(H,50,52)(H,51,53)(H,54,58)/t32?,42-,47?,66?/m0/s1. The molecule has 2 aliphatic carbocycles. The molecule has 2 saturated heterocycles. The summed E-state index contributed by atoms with van der Waals surface area (Å²) in [5.41, 5.74) is 2.68. The molecule has 0 radical (unpaired) electrons. The van der Waals surface area contributed by atoms with Crippen molar-refractivity contribution in [2.75, 3.05) is 47.9 Å². The normalized spacial score (nSPS) is 24.6. The van der Waals surface area contributed by atoms with Crippen LogP contribution in [0.3, 0.4) is 0 Å². The van der Waals surface area contributed by atoms with Crippen molar-refractivity contribution in [1.82, 2.24) is 24.6 Å². The molecule has 4 fully saturated rings. The fourth-order valence-electron chi connectivity index (χ4n) is 10.6. The average Bonchev–Trinajstić information content (AvgIpc) is 3.76. The number of anilines is 2. The van der Waals surface area contributed by atoms with Crippen LogP contribution in [0.15, 0.2) is 84.1 Å². The lowest BCUT2D eigenvalue weighted by Gasteiger charge is -2.57. The second-order valence-electron chi connectivity index (χ2n) is 19.7. The summed E-state index contributed by atoms with van der Waals surface area (Å²) in [6.45, 7) is 8.67. The highest BCUT2D eigenvalue weighted by Crippen LogP contribution is 2.53. The zero-order valence-corrected chi connectivity index (χ0v) is 39.7. The van der Waals surface area contributed by atoms with Crippen LogP contribution >= 0.6 is 0 Å². The number of hydrogen-bond donors (Lipinski definition) is 5. The Morgan fingerprint density at radius 1 is 1.04 bits per heavy atom. The highest BCUT2D eigenvalue weighted by atomic mass is 32.2. The minimum absolute atomic E-state index is 0.0484. The van der Waals surface area contributed by atoms with Gasteiger partial charge in [0.15, 0.2) is 0 Å². The van der Waals surface area contributed by atoms with E-state index < -0.39 is 46.8 Å². The van der Waals surface area contributed by atoms with E-state index >= 15 is 0 Å². The number of aromatic nitrogens is 3. The number of sulfonamides is 1. The maximum Gasteiger partial charge on any atom is 0.312 e. The summed E-state index contributed by atoms with van der Waals surface area (Å²) in [6.07, 6.45) is 10.9. The third-order valence-corrected chi connectivity index (χ3v) is 17.6. The number of pyridine rings is 2. The van der Waals surface area contributed by atoms with Crippen LogP contribution in [0.1, 0.15) is 106 Å². The highest BCUT2D eigenvalue weighted by molar-refractivity contribution is 7.92. The van der Waals surface area contributed by atoms with Gasteiger partial charge in [0.25, 0.3) is 15.9 Å². The van der Waals surface area contributed by atoms with E-state index in [4.69, 9.17) is 9.52 Å². The van der Waals surface area contributed by atoms with Crippen molar-refractivity contribution in [2.45, 2.75) is 101 Å². The molecular weight excluding hydrogens is 895 g/mol. The first kappa shape index (κ1) is 46.5. The molecule has 1 amide bonds. The van der Waals surface area contributed by atoms with Crippen molar-refractivity contribution in [3.05, 3.63) is 106 Å². The van der Waals surface area contributed by atoms with Gasteiger partial charge in [-0.3, -0.25) is 24.6 Å². The number of nitrogens with one attached hydrogen (secondary N) is 4. The second kappa shape index (κ2) is 18.1. The molecule has 0 bridgehead atoms. The number of hydrogen-bond acceptors (Lipinski definition) is 14. The largest absolute Gasteiger partial charge is 0.455 e. The van der Waals surface area contributed by atoms with Gasteiger partial charge in [0.2, 0.25) is 5.82 Å². The summed E-state index contributed by atoms with van der Waals surface area (Å²) in [5.74, 6) is 0.552. The Hall–Kier alpha value is -5.63. The number of aliphatic hydroxyl groups is 1. The molecular formula is C48H59N9O8S2. The number of benzene rings is 2. The van der Waals surface area contributed by atoms with Gasteiger partial charge in [-0.15, -0.1) is 0 Å². The maximum absolute atomic E-state index is 14.0. The van der Waals surface area contributed by atoms with E-state index in [-0.39, 0.29) is 34.5 Å². The molecule has 3 aromatic heterocycles. The molecule has 2 saturated carbocycles. The first-order valence-electron chi connectivity index (χ1n) is 23.1. The Morgan fingerprint density at radius 3 is 2.52 bits per heavy atom. The Bertz CT molecular complexity index is 2900. The minimum atomic E-state index is -4.66. The van der Waals surface area contributed by atoms with Gasteiger partial charge >= 0.3 is 5.69 Å². The first-order chi connectivity index (χ1) is 31.9. The van der Waals surface area contributed by atoms with Crippen molar-refractivity contribution >= 4 is 53.9 Å². The van der Waals surface area contributed by atoms with Crippen LogP contribution < -0.4 is 19.7 Å². The van der Waals surface area contributed by atoms with Crippen LogP contribution in [0, 0.1) is 26.2 Å². The van der Waals surface area contributed by atoms with Crippen LogP contribution in [-0.2, 0) is 19.8 Å². The number of piperidine rings is 1. The van der Waals surface area contributed by atoms with Crippen LogP contribution in [0.2, 0.25) is 0 Å². The summed E-state index contributed by atoms with van der Waals surface area (Å²) in [5, 5.41) is 26.2. The van der Waals surface area contributed by atoms with E-state index in [0.29, 0.717) is 60.8 Å². The second-order valence-corrected chi connectivity index (χ2v) is 23.7. The lowest BCUT2D eigenvalue weighted by molar-refractivity contribution is -0.384. The number of H-pyrrole nitrogens is 1. The van der Waals surface area contributed by atoms with E-state index in [0.717, 1.165) is 75.0 Å². The number of carbonyl (C=O) groups excluding carboxylic acids is 1. The lowest BCUT2D eigenvalue weighted by Crippen LogP contribution is -2.58. The Kier molecular flexibility index (Phi) is 12.6. The zero-order valence-electron chi connectivity index (χ0n) is 38.1. The predicted molar refractivity (Wildman–Crippen MR) is 257 cm³/mol. The quantitative estimate of drug-likeness (QED) is 0.0555. The summed E-state index contributed by atoms with van der Waals surface area (Å²) in [4.78, 5) is 41.2. The molecule has 356 valence electrons. The summed E-state index contributed by atoms with van der Waals surface area (Å²) < 4.78 is 57.6. The van der Waals surface area contributed by atoms with Gasteiger partial charge in [0, 0.05) is 83.1 Å². The first-order valence-corrected chi connectivity index (χ1v) is 26.5. The van der Waals surface area contributed by atoms with Gasteiger partial charge in [0.1, 0.15) is 22.0 Å². The SMILES string of the molecule is CC(C)c1ccccc1[C@@H]1CS(=N)(=O)CCN1C1CC2(CCN(c3ccc(C(=O)NS(=O)(=O)c4cnc(NCC5CCC(C)(O)CC5)c([N+](=O)[O-])c4)c(Oc4cnc5[nH]ccc5c4)c3)CC2)C1. The number of nitrogens with zero attached hydrogens (tertiary/aromatic N) is 5. The van der Waals surface area contributed by atoms with Gasteiger partial charge in [0.05, 0.1) is 34.2 Å². The van der Waals surface area contributed by atoms with Crippen molar-refractivity contribution < 1.29 is 32.2 Å². The molecule has 5 heterocycles. The topological polar surface area (TPSA) is 237 Å². The summed E-state index contributed by atoms with van der Waals surface area (Å²) >= 11 is 0. The molecule has 2 atom stereocenters.